The Morgan fingerprint density at radius 2 is 2.16 bits per heavy atom. The molecule has 0 aromatic heterocycles. The summed E-state index contributed by atoms with van der Waals surface area (Å²) in [5.41, 5.74) is 7.88. The summed E-state index contributed by atoms with van der Waals surface area (Å²) >= 11 is 0. The molecule has 4 heteroatoms. The Balaban J connectivity index is 1.99. The molecule has 2 atom stereocenters. The second-order valence-corrected chi connectivity index (χ2v) is 5.49. The second kappa shape index (κ2) is 6.17. The predicted molar refractivity (Wildman–Crippen MR) is 75.2 cm³/mol. The van der Waals surface area contributed by atoms with Crippen LogP contribution in [0.4, 0.5) is 0 Å². The Morgan fingerprint density at radius 3 is 2.74 bits per heavy atom. The largest absolute Gasteiger partial charge is 0.480 e. The SMILES string of the molecule is CN1CCCC(c2ccc(CC(N)C(=O)O)cc2)C1. The molecule has 2 unspecified atom stereocenters. The number of carboxylic acid groups (broad SMARTS) is 1. The summed E-state index contributed by atoms with van der Waals surface area (Å²) in [4.78, 5) is 13.1. The monoisotopic (exact) mass is 262 g/mol. The van der Waals surface area contributed by atoms with Crippen LogP contribution < -0.4 is 5.73 Å². The van der Waals surface area contributed by atoms with E-state index in [2.05, 4.69) is 24.1 Å². The quantitative estimate of drug-likeness (QED) is 0.862. The maximum absolute atomic E-state index is 10.7. The van der Waals surface area contributed by atoms with Gasteiger partial charge in [0, 0.05) is 6.54 Å². The third-order valence-corrected chi connectivity index (χ3v) is 3.85. The molecule has 1 heterocycles. The van der Waals surface area contributed by atoms with Crippen molar-refractivity contribution in [2.45, 2.75) is 31.2 Å². The second-order valence-electron chi connectivity index (χ2n) is 5.49. The van der Waals surface area contributed by atoms with Gasteiger partial charge in [0.15, 0.2) is 0 Å². The lowest BCUT2D eigenvalue weighted by molar-refractivity contribution is -0.138. The number of likely N-dealkylation sites (tertiary alicyclic amines) is 1. The molecule has 1 saturated heterocycles. The van der Waals surface area contributed by atoms with Crippen LogP contribution in [0.3, 0.4) is 0 Å². The smallest absolute Gasteiger partial charge is 0.320 e. The van der Waals surface area contributed by atoms with E-state index in [4.69, 9.17) is 10.8 Å². The lowest BCUT2D eigenvalue weighted by Crippen LogP contribution is -2.32. The van der Waals surface area contributed by atoms with Crippen LogP contribution in [0, 0.1) is 0 Å². The van der Waals surface area contributed by atoms with E-state index in [-0.39, 0.29) is 0 Å². The molecule has 0 bridgehead atoms. The van der Waals surface area contributed by atoms with Crippen molar-refractivity contribution in [1.82, 2.24) is 4.90 Å². The van der Waals surface area contributed by atoms with Crippen LogP contribution in [0.5, 0.6) is 0 Å². The van der Waals surface area contributed by atoms with Gasteiger partial charge in [-0.1, -0.05) is 24.3 Å². The number of hydrogen-bond donors (Lipinski definition) is 2. The molecule has 1 aliphatic heterocycles. The molecule has 3 N–H and O–H groups in total. The van der Waals surface area contributed by atoms with Crippen LogP contribution in [-0.2, 0) is 11.2 Å². The average Bonchev–Trinajstić information content (AvgIpc) is 2.39. The summed E-state index contributed by atoms with van der Waals surface area (Å²) in [6.07, 6.45) is 2.87. The normalized spacial score (nSPS) is 22.1. The van der Waals surface area contributed by atoms with Crippen molar-refractivity contribution in [3.63, 3.8) is 0 Å². The highest BCUT2D eigenvalue weighted by Gasteiger charge is 2.19. The van der Waals surface area contributed by atoms with Crippen molar-refractivity contribution in [2.24, 2.45) is 5.73 Å². The van der Waals surface area contributed by atoms with Gasteiger partial charge in [0.25, 0.3) is 0 Å². The molecule has 2 rings (SSSR count). The topological polar surface area (TPSA) is 66.6 Å². The van der Waals surface area contributed by atoms with Crippen molar-refractivity contribution in [1.29, 1.82) is 0 Å². The standard InChI is InChI=1S/C15H22N2O2/c1-17-8-2-3-13(10-17)12-6-4-11(5-7-12)9-14(16)15(18)19/h4-7,13-14H,2-3,8-10,16H2,1H3,(H,18,19). The number of likely N-dealkylation sites (N-methyl/N-ethyl adjacent to an activating group) is 1. The first kappa shape index (κ1) is 14.0. The predicted octanol–water partition coefficient (Wildman–Crippen LogP) is 1.45. The van der Waals surface area contributed by atoms with Gasteiger partial charge in [-0.05, 0) is 49.9 Å². The molecule has 1 aromatic rings. The van der Waals surface area contributed by atoms with Crippen molar-refractivity contribution in [2.75, 3.05) is 20.1 Å². The van der Waals surface area contributed by atoms with Gasteiger partial charge in [-0.3, -0.25) is 4.79 Å². The molecule has 0 radical (unpaired) electrons. The fourth-order valence-electron chi connectivity index (χ4n) is 2.71. The van der Waals surface area contributed by atoms with Gasteiger partial charge < -0.3 is 15.7 Å². The molecular formula is C15H22N2O2. The summed E-state index contributed by atoms with van der Waals surface area (Å²) in [5.74, 6) is -0.348. The van der Waals surface area contributed by atoms with Crippen LogP contribution in [0.25, 0.3) is 0 Å². The Labute approximate surface area is 114 Å². The fourth-order valence-corrected chi connectivity index (χ4v) is 2.71. The lowest BCUT2D eigenvalue weighted by atomic mass is 9.90. The molecule has 1 aromatic carbocycles. The van der Waals surface area contributed by atoms with Crippen LogP contribution >= 0.6 is 0 Å². The Bertz CT molecular complexity index is 430. The molecular weight excluding hydrogens is 240 g/mol. The number of nitrogens with two attached hydrogens (primary N) is 1. The van der Waals surface area contributed by atoms with E-state index in [1.807, 2.05) is 12.1 Å². The summed E-state index contributed by atoms with van der Waals surface area (Å²) < 4.78 is 0. The molecule has 4 nitrogen and oxygen atoms in total. The summed E-state index contributed by atoms with van der Waals surface area (Å²) in [7, 11) is 2.16. The molecule has 19 heavy (non-hydrogen) atoms. The molecule has 1 fully saturated rings. The zero-order valence-electron chi connectivity index (χ0n) is 11.4. The van der Waals surface area contributed by atoms with E-state index in [9.17, 15) is 4.79 Å². The van der Waals surface area contributed by atoms with Gasteiger partial charge in [-0.15, -0.1) is 0 Å². The third kappa shape index (κ3) is 3.78. The van der Waals surface area contributed by atoms with Crippen LogP contribution in [-0.4, -0.2) is 42.2 Å². The van der Waals surface area contributed by atoms with E-state index in [1.165, 1.54) is 24.9 Å². The Hall–Kier alpha value is -1.39. The van der Waals surface area contributed by atoms with Crippen molar-refractivity contribution < 1.29 is 9.90 Å². The molecule has 0 saturated carbocycles. The number of carboxylic acids is 1. The lowest BCUT2D eigenvalue weighted by Gasteiger charge is -2.30. The summed E-state index contributed by atoms with van der Waals surface area (Å²) in [5, 5.41) is 8.80. The number of carbonyl (C=O) groups is 1. The van der Waals surface area contributed by atoms with Crippen molar-refractivity contribution in [3.8, 4) is 0 Å². The van der Waals surface area contributed by atoms with Crippen LogP contribution in [0.15, 0.2) is 24.3 Å². The highest BCUT2D eigenvalue weighted by Crippen LogP contribution is 2.26. The first-order valence-corrected chi connectivity index (χ1v) is 6.82. The molecule has 1 aliphatic rings. The zero-order valence-corrected chi connectivity index (χ0v) is 11.4. The van der Waals surface area contributed by atoms with Gasteiger partial charge in [0.05, 0.1) is 0 Å². The number of benzene rings is 1. The van der Waals surface area contributed by atoms with Crippen molar-refractivity contribution in [3.05, 3.63) is 35.4 Å². The first-order valence-electron chi connectivity index (χ1n) is 6.82. The van der Waals surface area contributed by atoms with E-state index in [1.54, 1.807) is 0 Å². The molecule has 0 amide bonds. The van der Waals surface area contributed by atoms with E-state index in [0.29, 0.717) is 12.3 Å². The summed E-state index contributed by atoms with van der Waals surface area (Å²) in [6, 6.07) is 7.44. The minimum absolute atomic E-state index is 0.389. The first-order chi connectivity index (χ1) is 9.06. The molecule has 104 valence electrons. The van der Waals surface area contributed by atoms with Gasteiger partial charge in [0.1, 0.15) is 6.04 Å². The minimum Gasteiger partial charge on any atom is -0.480 e. The molecule has 0 aliphatic carbocycles. The third-order valence-electron chi connectivity index (χ3n) is 3.85. The number of nitrogens with zero attached hydrogens (tertiary/aromatic N) is 1. The summed E-state index contributed by atoms with van der Waals surface area (Å²) in [6.45, 7) is 2.29. The number of piperidine rings is 1. The Kier molecular flexibility index (Phi) is 4.56. The van der Waals surface area contributed by atoms with Crippen LogP contribution in [0.1, 0.15) is 29.9 Å². The number of rotatable bonds is 4. The van der Waals surface area contributed by atoms with Crippen molar-refractivity contribution >= 4 is 5.97 Å². The fraction of sp³-hybridized carbons (Fsp3) is 0.533. The molecule has 0 spiro atoms. The van der Waals surface area contributed by atoms with Gasteiger partial charge in [0.2, 0.25) is 0 Å². The van der Waals surface area contributed by atoms with Gasteiger partial charge in [-0.25, -0.2) is 0 Å². The number of aliphatic carboxylic acids is 1. The Morgan fingerprint density at radius 1 is 1.47 bits per heavy atom. The number of hydrogen-bond acceptors (Lipinski definition) is 3. The highest BCUT2D eigenvalue weighted by molar-refractivity contribution is 5.73. The van der Waals surface area contributed by atoms with E-state index < -0.39 is 12.0 Å². The maximum Gasteiger partial charge on any atom is 0.320 e. The minimum atomic E-state index is -0.946. The maximum atomic E-state index is 10.7. The van der Waals surface area contributed by atoms with Crippen LogP contribution in [0.2, 0.25) is 0 Å². The average molecular weight is 262 g/mol. The van der Waals surface area contributed by atoms with Gasteiger partial charge in [-0.2, -0.15) is 0 Å². The highest BCUT2D eigenvalue weighted by atomic mass is 16.4. The zero-order chi connectivity index (χ0) is 13.8. The van der Waals surface area contributed by atoms with Gasteiger partial charge >= 0.3 is 5.97 Å². The van der Waals surface area contributed by atoms with E-state index >= 15 is 0 Å². The van der Waals surface area contributed by atoms with E-state index in [0.717, 1.165) is 12.1 Å².